The van der Waals surface area contributed by atoms with Gasteiger partial charge in [0.05, 0.1) is 30.4 Å². The van der Waals surface area contributed by atoms with Crippen molar-refractivity contribution in [2.45, 2.75) is 12.6 Å². The molecule has 84 valence electrons. The fourth-order valence-corrected chi connectivity index (χ4v) is 1.15. The number of hydrogen-bond acceptors (Lipinski definition) is 4. The van der Waals surface area contributed by atoms with Crippen LogP contribution in [-0.4, -0.2) is 41.0 Å². The van der Waals surface area contributed by atoms with Crippen molar-refractivity contribution in [2.75, 3.05) is 24.9 Å². The van der Waals surface area contributed by atoms with Crippen molar-refractivity contribution in [3.8, 4) is 0 Å². The maximum absolute atomic E-state index is 11.5. The van der Waals surface area contributed by atoms with Gasteiger partial charge in [-0.05, 0) is 0 Å². The van der Waals surface area contributed by atoms with Crippen molar-refractivity contribution in [3.63, 3.8) is 0 Å². The molecule has 0 saturated carbocycles. The van der Waals surface area contributed by atoms with E-state index in [1.54, 1.807) is 11.1 Å². The number of aliphatic hydroxyl groups is 1. The summed E-state index contributed by atoms with van der Waals surface area (Å²) >= 11 is 5.43. The minimum absolute atomic E-state index is 0.0869. The molecule has 6 heteroatoms. The molecule has 0 aromatic carbocycles. The number of rotatable bonds is 4. The Balaban J connectivity index is 2.89. The highest BCUT2D eigenvalue weighted by Crippen LogP contribution is 2.03. The van der Waals surface area contributed by atoms with Crippen LogP contribution in [0.1, 0.15) is 0 Å². The molecule has 0 aliphatic heterocycles. The molecule has 1 aromatic heterocycles. The highest BCUT2D eigenvalue weighted by Gasteiger charge is 2.06. The molecular formula is C9H14ClN3O2. The zero-order valence-corrected chi connectivity index (χ0v) is 9.48. The van der Waals surface area contributed by atoms with Gasteiger partial charge in [-0.15, -0.1) is 11.6 Å². The van der Waals surface area contributed by atoms with E-state index in [-0.39, 0.29) is 18.0 Å². The number of aliphatic hydroxyl groups excluding tert-OH is 1. The number of hydrogen-bond donors (Lipinski definition) is 1. The van der Waals surface area contributed by atoms with Gasteiger partial charge in [0.15, 0.2) is 0 Å². The van der Waals surface area contributed by atoms with Crippen molar-refractivity contribution < 1.29 is 5.11 Å². The molecule has 1 rings (SSSR count). The molecular weight excluding hydrogens is 218 g/mol. The van der Waals surface area contributed by atoms with Crippen molar-refractivity contribution in [1.82, 2.24) is 9.78 Å². The van der Waals surface area contributed by atoms with Gasteiger partial charge in [-0.2, -0.15) is 5.10 Å². The first-order valence-electron chi connectivity index (χ1n) is 4.53. The van der Waals surface area contributed by atoms with Crippen LogP contribution < -0.4 is 10.5 Å². The van der Waals surface area contributed by atoms with Gasteiger partial charge in [0.2, 0.25) is 0 Å². The molecule has 15 heavy (non-hydrogen) atoms. The van der Waals surface area contributed by atoms with E-state index in [9.17, 15) is 9.90 Å². The molecule has 1 unspecified atom stereocenters. The second-order valence-electron chi connectivity index (χ2n) is 3.44. The summed E-state index contributed by atoms with van der Waals surface area (Å²) in [7, 11) is 3.66. The van der Waals surface area contributed by atoms with Gasteiger partial charge in [-0.1, -0.05) is 0 Å². The lowest BCUT2D eigenvalue weighted by atomic mass is 10.4. The monoisotopic (exact) mass is 231 g/mol. The molecule has 1 atom stereocenters. The third-order valence-corrected chi connectivity index (χ3v) is 2.29. The maximum atomic E-state index is 11.5. The van der Waals surface area contributed by atoms with Crippen LogP contribution in [0.2, 0.25) is 0 Å². The quantitative estimate of drug-likeness (QED) is 0.736. The summed E-state index contributed by atoms with van der Waals surface area (Å²) in [6, 6.07) is 1.47. The smallest absolute Gasteiger partial charge is 0.268 e. The Morgan fingerprint density at radius 2 is 2.33 bits per heavy atom. The summed E-state index contributed by atoms with van der Waals surface area (Å²) in [5, 5.41) is 13.2. The van der Waals surface area contributed by atoms with Gasteiger partial charge in [0.1, 0.15) is 0 Å². The van der Waals surface area contributed by atoms with Crippen molar-refractivity contribution in [2.24, 2.45) is 0 Å². The van der Waals surface area contributed by atoms with Gasteiger partial charge >= 0.3 is 0 Å². The van der Waals surface area contributed by atoms with E-state index in [4.69, 9.17) is 11.6 Å². The molecule has 0 bridgehead atoms. The molecule has 0 aliphatic rings. The molecule has 0 aliphatic carbocycles. The summed E-state index contributed by atoms with van der Waals surface area (Å²) in [5.74, 6) is 0.0869. The Kier molecular flexibility index (Phi) is 4.11. The molecule has 1 heterocycles. The van der Waals surface area contributed by atoms with E-state index >= 15 is 0 Å². The number of halogens is 1. The Hall–Kier alpha value is -1.07. The van der Waals surface area contributed by atoms with E-state index in [0.717, 1.165) is 5.69 Å². The SMILES string of the molecule is CN(C)c1cnn(CC(O)CCl)c(=O)c1. The zero-order chi connectivity index (χ0) is 11.4. The third-order valence-electron chi connectivity index (χ3n) is 1.93. The zero-order valence-electron chi connectivity index (χ0n) is 8.72. The normalized spacial score (nSPS) is 12.5. The van der Waals surface area contributed by atoms with Crippen LogP contribution >= 0.6 is 11.6 Å². The molecule has 0 radical (unpaired) electrons. The molecule has 0 saturated heterocycles. The first-order valence-corrected chi connectivity index (χ1v) is 5.06. The van der Waals surface area contributed by atoms with Crippen LogP contribution in [0.25, 0.3) is 0 Å². The first-order chi connectivity index (χ1) is 7.04. The molecule has 0 spiro atoms. The first kappa shape index (κ1) is 12.0. The Labute approximate surface area is 92.9 Å². The molecule has 1 aromatic rings. The molecule has 0 amide bonds. The third kappa shape index (κ3) is 3.21. The summed E-state index contributed by atoms with van der Waals surface area (Å²) in [5.41, 5.74) is 0.488. The standard InChI is InChI=1S/C9H14ClN3O2/c1-12(2)7-3-9(15)13(11-5-7)6-8(14)4-10/h3,5,8,14H,4,6H2,1-2H3. The Bertz CT molecular complexity index is 378. The van der Waals surface area contributed by atoms with Gasteiger partial charge in [0.25, 0.3) is 5.56 Å². The van der Waals surface area contributed by atoms with Crippen LogP contribution in [0.5, 0.6) is 0 Å². The summed E-state index contributed by atoms with van der Waals surface area (Å²) in [6.45, 7) is 0.121. The van der Waals surface area contributed by atoms with E-state index in [0.29, 0.717) is 0 Å². The van der Waals surface area contributed by atoms with Crippen molar-refractivity contribution >= 4 is 17.3 Å². The van der Waals surface area contributed by atoms with E-state index in [2.05, 4.69) is 5.10 Å². The lowest BCUT2D eigenvalue weighted by Gasteiger charge is -2.13. The number of anilines is 1. The van der Waals surface area contributed by atoms with E-state index in [1.807, 2.05) is 14.1 Å². The van der Waals surface area contributed by atoms with Gasteiger partial charge < -0.3 is 10.0 Å². The maximum Gasteiger partial charge on any atom is 0.268 e. The van der Waals surface area contributed by atoms with Gasteiger partial charge in [-0.25, -0.2) is 4.68 Å². The Morgan fingerprint density at radius 1 is 1.67 bits per heavy atom. The average Bonchev–Trinajstić information content (AvgIpc) is 2.20. The minimum atomic E-state index is -0.748. The number of nitrogens with zero attached hydrogens (tertiary/aromatic N) is 3. The molecule has 5 nitrogen and oxygen atoms in total. The highest BCUT2D eigenvalue weighted by molar-refractivity contribution is 6.18. The van der Waals surface area contributed by atoms with Crippen LogP contribution in [0, 0.1) is 0 Å². The van der Waals surface area contributed by atoms with E-state index < -0.39 is 6.10 Å². The van der Waals surface area contributed by atoms with E-state index in [1.165, 1.54) is 10.7 Å². The largest absolute Gasteiger partial charge is 0.390 e. The Morgan fingerprint density at radius 3 is 2.80 bits per heavy atom. The number of aromatic nitrogens is 2. The average molecular weight is 232 g/mol. The predicted molar refractivity (Wildman–Crippen MR) is 59.6 cm³/mol. The fraction of sp³-hybridized carbons (Fsp3) is 0.556. The highest BCUT2D eigenvalue weighted by atomic mass is 35.5. The number of alkyl halides is 1. The fourth-order valence-electron chi connectivity index (χ4n) is 1.05. The van der Waals surface area contributed by atoms with Crippen LogP contribution in [-0.2, 0) is 6.54 Å². The van der Waals surface area contributed by atoms with Gasteiger partial charge in [-0.3, -0.25) is 4.79 Å². The van der Waals surface area contributed by atoms with Crippen molar-refractivity contribution in [1.29, 1.82) is 0 Å². The molecule has 1 N–H and O–H groups in total. The summed E-state index contributed by atoms with van der Waals surface area (Å²) in [6.07, 6.45) is 0.824. The van der Waals surface area contributed by atoms with Crippen LogP contribution in [0.4, 0.5) is 5.69 Å². The van der Waals surface area contributed by atoms with Crippen molar-refractivity contribution in [3.05, 3.63) is 22.6 Å². The minimum Gasteiger partial charge on any atom is -0.390 e. The van der Waals surface area contributed by atoms with Crippen LogP contribution in [0.15, 0.2) is 17.1 Å². The second kappa shape index (κ2) is 5.14. The second-order valence-corrected chi connectivity index (χ2v) is 3.75. The summed E-state index contributed by atoms with van der Waals surface area (Å²) < 4.78 is 1.19. The topological polar surface area (TPSA) is 58.4 Å². The lowest BCUT2D eigenvalue weighted by molar-refractivity contribution is 0.169. The lowest BCUT2D eigenvalue weighted by Crippen LogP contribution is -2.29. The summed E-state index contributed by atoms with van der Waals surface area (Å²) in [4.78, 5) is 13.3. The molecule has 0 fully saturated rings. The van der Waals surface area contributed by atoms with Gasteiger partial charge in [0, 0.05) is 20.2 Å². The predicted octanol–water partition coefficient (Wildman–Crippen LogP) is -0.0910. The van der Waals surface area contributed by atoms with Crippen LogP contribution in [0.3, 0.4) is 0 Å².